The molecule has 1 aromatic carbocycles. The van der Waals surface area contributed by atoms with E-state index in [1.165, 1.54) is 0 Å². The summed E-state index contributed by atoms with van der Waals surface area (Å²) in [5.74, 6) is -0.119. The van der Waals surface area contributed by atoms with Crippen LogP contribution in [0.3, 0.4) is 0 Å². The zero-order valence-corrected chi connectivity index (χ0v) is 11.3. The Labute approximate surface area is 110 Å². The number of amides is 1. The zero-order valence-electron chi connectivity index (χ0n) is 9.74. The number of nitrogens with one attached hydrogen (secondary N) is 1. The van der Waals surface area contributed by atoms with Gasteiger partial charge in [-0.1, -0.05) is 35.0 Å². The molecule has 1 aromatic rings. The fraction of sp³-hybridized carbons (Fsp3) is 0.385. The predicted octanol–water partition coefficient (Wildman–Crippen LogP) is 2.66. The molecule has 17 heavy (non-hydrogen) atoms. The van der Waals surface area contributed by atoms with E-state index >= 15 is 0 Å². The van der Waals surface area contributed by atoms with Crippen LogP contribution in [0.15, 0.2) is 28.7 Å². The molecular formula is C13H15BrN2O. The second kappa shape index (κ2) is 7.08. The normalized spacial score (nSPS) is 11.6. The number of nitrogens with zero attached hydrogens (tertiary/aromatic N) is 1. The van der Waals surface area contributed by atoms with Crippen LogP contribution in [0.4, 0.5) is 0 Å². The molecule has 0 spiro atoms. The van der Waals surface area contributed by atoms with Gasteiger partial charge in [0.1, 0.15) is 6.54 Å². The molecule has 0 saturated heterocycles. The van der Waals surface area contributed by atoms with Crippen molar-refractivity contribution in [3.8, 4) is 6.07 Å². The maximum Gasteiger partial charge on any atom is 0.224 e. The maximum absolute atomic E-state index is 11.7. The molecule has 1 rings (SSSR count). The van der Waals surface area contributed by atoms with Crippen molar-refractivity contribution in [1.29, 1.82) is 5.26 Å². The molecule has 0 aliphatic rings. The summed E-state index contributed by atoms with van der Waals surface area (Å²) in [6.45, 7) is 2.06. The molecule has 3 nitrogen and oxygen atoms in total. The van der Waals surface area contributed by atoms with Crippen molar-refractivity contribution in [3.05, 3.63) is 34.3 Å². The van der Waals surface area contributed by atoms with Crippen LogP contribution in [0, 0.1) is 17.2 Å². The number of hydrogen-bond acceptors (Lipinski definition) is 2. The topological polar surface area (TPSA) is 52.9 Å². The highest BCUT2D eigenvalue weighted by atomic mass is 79.9. The van der Waals surface area contributed by atoms with Gasteiger partial charge in [0.15, 0.2) is 0 Å². The first-order valence-electron chi connectivity index (χ1n) is 5.56. The van der Waals surface area contributed by atoms with Crippen LogP contribution in [-0.4, -0.2) is 12.5 Å². The number of nitriles is 1. The van der Waals surface area contributed by atoms with Gasteiger partial charge in [-0.2, -0.15) is 5.26 Å². The Balaban J connectivity index is 2.64. The average Bonchev–Trinajstić information content (AvgIpc) is 2.33. The third-order valence-corrected chi connectivity index (χ3v) is 3.07. The summed E-state index contributed by atoms with van der Waals surface area (Å²) in [5.41, 5.74) is 1.12. The van der Waals surface area contributed by atoms with E-state index in [1.807, 2.05) is 37.3 Å². The minimum absolute atomic E-state index is 0.0472. The third-order valence-electron chi connectivity index (χ3n) is 2.58. The molecule has 0 aliphatic carbocycles. The van der Waals surface area contributed by atoms with Gasteiger partial charge in [-0.25, -0.2) is 0 Å². The van der Waals surface area contributed by atoms with Gasteiger partial charge in [0.25, 0.3) is 0 Å². The van der Waals surface area contributed by atoms with Crippen molar-refractivity contribution in [2.24, 2.45) is 5.92 Å². The fourth-order valence-corrected chi connectivity index (χ4v) is 2.09. The van der Waals surface area contributed by atoms with Crippen LogP contribution in [0.25, 0.3) is 0 Å². The summed E-state index contributed by atoms with van der Waals surface area (Å²) >= 11 is 3.41. The Kier molecular flexibility index (Phi) is 5.71. The summed E-state index contributed by atoms with van der Waals surface area (Å²) in [6, 6.07) is 9.85. The Morgan fingerprint density at radius 2 is 2.35 bits per heavy atom. The van der Waals surface area contributed by atoms with Gasteiger partial charge in [-0.15, -0.1) is 0 Å². The molecule has 1 atom stereocenters. The lowest BCUT2D eigenvalue weighted by atomic mass is 9.96. The number of carbonyl (C=O) groups excluding carboxylic acids is 1. The lowest BCUT2D eigenvalue weighted by molar-refractivity contribution is -0.124. The quantitative estimate of drug-likeness (QED) is 0.849. The summed E-state index contributed by atoms with van der Waals surface area (Å²) in [4.78, 5) is 11.7. The van der Waals surface area contributed by atoms with E-state index < -0.39 is 0 Å². The van der Waals surface area contributed by atoms with Crippen molar-refractivity contribution in [2.75, 3.05) is 6.54 Å². The Bertz CT molecular complexity index is 426. The monoisotopic (exact) mass is 294 g/mol. The first kappa shape index (κ1) is 13.7. The third kappa shape index (κ3) is 4.58. The van der Waals surface area contributed by atoms with Gasteiger partial charge in [0.05, 0.1) is 6.07 Å². The van der Waals surface area contributed by atoms with Crippen LogP contribution < -0.4 is 5.32 Å². The van der Waals surface area contributed by atoms with Crippen LogP contribution >= 0.6 is 15.9 Å². The van der Waals surface area contributed by atoms with Gasteiger partial charge >= 0.3 is 0 Å². The van der Waals surface area contributed by atoms with Gasteiger partial charge in [-0.05, 0) is 30.5 Å². The standard InChI is InChI=1S/C13H15BrN2O/c1-2-11(13(17)16-7-6-15)8-10-4-3-5-12(14)9-10/h3-5,9,11H,2,7-8H2,1H3,(H,16,17)/t11-/m1/s1. The fourth-order valence-electron chi connectivity index (χ4n) is 1.64. The van der Waals surface area contributed by atoms with E-state index in [4.69, 9.17) is 5.26 Å². The van der Waals surface area contributed by atoms with Crippen molar-refractivity contribution in [2.45, 2.75) is 19.8 Å². The summed E-state index contributed by atoms with van der Waals surface area (Å²) in [7, 11) is 0. The van der Waals surface area contributed by atoms with E-state index in [1.54, 1.807) is 0 Å². The number of halogens is 1. The minimum atomic E-state index is -0.0716. The molecule has 0 bridgehead atoms. The lowest BCUT2D eigenvalue weighted by Gasteiger charge is -2.13. The molecule has 0 unspecified atom stereocenters. The largest absolute Gasteiger partial charge is 0.343 e. The summed E-state index contributed by atoms with van der Waals surface area (Å²) in [5, 5.41) is 11.0. The molecular weight excluding hydrogens is 280 g/mol. The summed E-state index contributed by atoms with van der Waals surface area (Å²) < 4.78 is 1.02. The van der Waals surface area contributed by atoms with Crippen molar-refractivity contribution in [1.82, 2.24) is 5.32 Å². The molecule has 0 radical (unpaired) electrons. The number of benzene rings is 1. The first-order valence-corrected chi connectivity index (χ1v) is 6.35. The van der Waals surface area contributed by atoms with E-state index in [0.29, 0.717) is 6.42 Å². The van der Waals surface area contributed by atoms with E-state index in [-0.39, 0.29) is 18.4 Å². The van der Waals surface area contributed by atoms with Crippen LogP contribution in [0.5, 0.6) is 0 Å². The SMILES string of the molecule is CC[C@H](Cc1cccc(Br)c1)C(=O)NCC#N. The predicted molar refractivity (Wildman–Crippen MR) is 70.2 cm³/mol. The molecule has 1 amide bonds. The summed E-state index contributed by atoms with van der Waals surface area (Å²) in [6.07, 6.45) is 1.47. The zero-order chi connectivity index (χ0) is 12.7. The molecule has 0 fully saturated rings. The van der Waals surface area contributed by atoms with Crippen LogP contribution in [-0.2, 0) is 11.2 Å². The highest BCUT2D eigenvalue weighted by molar-refractivity contribution is 9.10. The first-order chi connectivity index (χ1) is 8.17. The number of carbonyl (C=O) groups is 1. The molecule has 0 heterocycles. The van der Waals surface area contributed by atoms with Gasteiger partial charge in [0.2, 0.25) is 5.91 Å². The molecule has 4 heteroatoms. The highest BCUT2D eigenvalue weighted by Crippen LogP contribution is 2.17. The van der Waals surface area contributed by atoms with Gasteiger partial charge in [0, 0.05) is 10.4 Å². The van der Waals surface area contributed by atoms with E-state index in [9.17, 15) is 4.79 Å². The average molecular weight is 295 g/mol. The van der Waals surface area contributed by atoms with Gasteiger partial charge in [-0.3, -0.25) is 4.79 Å². The van der Waals surface area contributed by atoms with Crippen molar-refractivity contribution in [3.63, 3.8) is 0 Å². The minimum Gasteiger partial charge on any atom is -0.343 e. The molecule has 0 aromatic heterocycles. The molecule has 90 valence electrons. The Morgan fingerprint density at radius 1 is 1.59 bits per heavy atom. The van der Waals surface area contributed by atoms with E-state index in [0.717, 1.165) is 16.5 Å². The highest BCUT2D eigenvalue weighted by Gasteiger charge is 2.16. The second-order valence-electron chi connectivity index (χ2n) is 3.82. The van der Waals surface area contributed by atoms with Crippen molar-refractivity contribution >= 4 is 21.8 Å². The van der Waals surface area contributed by atoms with Crippen LogP contribution in [0.2, 0.25) is 0 Å². The molecule has 1 N–H and O–H groups in total. The van der Waals surface area contributed by atoms with Crippen molar-refractivity contribution < 1.29 is 4.79 Å². The Morgan fingerprint density at radius 3 is 2.94 bits per heavy atom. The maximum atomic E-state index is 11.7. The smallest absolute Gasteiger partial charge is 0.224 e. The van der Waals surface area contributed by atoms with Crippen LogP contribution in [0.1, 0.15) is 18.9 Å². The number of hydrogen-bond donors (Lipinski definition) is 1. The lowest BCUT2D eigenvalue weighted by Crippen LogP contribution is -2.31. The molecule has 0 aliphatic heterocycles. The second-order valence-corrected chi connectivity index (χ2v) is 4.73. The van der Waals surface area contributed by atoms with E-state index in [2.05, 4.69) is 21.2 Å². The Hall–Kier alpha value is -1.34. The number of rotatable bonds is 5. The molecule has 0 saturated carbocycles. The van der Waals surface area contributed by atoms with Gasteiger partial charge < -0.3 is 5.32 Å².